The first-order valence-corrected chi connectivity index (χ1v) is 16.3. The van der Waals surface area contributed by atoms with Gasteiger partial charge in [-0.25, -0.2) is 13.5 Å². The number of ether oxygens (including phenoxy) is 1. The van der Waals surface area contributed by atoms with Crippen LogP contribution < -0.4 is 10.3 Å². The van der Waals surface area contributed by atoms with E-state index >= 15 is 0 Å². The first-order valence-electron chi connectivity index (χ1n) is 15.2. The fourth-order valence-electron chi connectivity index (χ4n) is 5.81. The molecule has 45 heavy (non-hydrogen) atoms. The van der Waals surface area contributed by atoms with Gasteiger partial charge in [0.2, 0.25) is 0 Å². The van der Waals surface area contributed by atoms with Crippen molar-refractivity contribution in [1.29, 1.82) is 0 Å². The van der Waals surface area contributed by atoms with E-state index in [9.17, 15) is 29.2 Å². The molecule has 0 saturated carbocycles. The van der Waals surface area contributed by atoms with Gasteiger partial charge in [0.05, 0.1) is 35.8 Å². The Kier molecular flexibility index (Phi) is 11.5. The molecule has 1 N–H and O–H groups in total. The Morgan fingerprint density at radius 1 is 1.02 bits per heavy atom. The van der Waals surface area contributed by atoms with Gasteiger partial charge in [-0.05, 0) is 74.6 Å². The minimum absolute atomic E-state index is 0.145. The first kappa shape index (κ1) is 33.8. The average molecular weight is 649 g/mol. The lowest BCUT2D eigenvalue weighted by Gasteiger charge is -2.41. The van der Waals surface area contributed by atoms with E-state index in [1.165, 1.54) is 0 Å². The number of H-pyrrole nitrogens is 1. The van der Waals surface area contributed by atoms with Crippen molar-refractivity contribution in [3.8, 4) is 17.1 Å². The van der Waals surface area contributed by atoms with Crippen LogP contribution in [0.2, 0.25) is 0 Å². The van der Waals surface area contributed by atoms with Crippen molar-refractivity contribution in [2.24, 2.45) is 5.41 Å². The van der Waals surface area contributed by atoms with Crippen LogP contribution in [0.1, 0.15) is 64.9 Å². The SMILES string of the molecule is CCCOc1ccc(S(=O)N2CCC(CCO[N+](=O)[O-])(CCO[N+](=O)[O-])CC2)cc1-c1nc2c(CCC)cn(CC)c2c(=O)[nH]1. The highest BCUT2D eigenvalue weighted by atomic mass is 32.2. The lowest BCUT2D eigenvalue weighted by atomic mass is 9.74. The van der Waals surface area contributed by atoms with Crippen molar-refractivity contribution in [3.63, 3.8) is 0 Å². The number of rotatable bonds is 17. The Bertz CT molecular complexity index is 1560. The van der Waals surface area contributed by atoms with Gasteiger partial charge < -0.3 is 24.0 Å². The predicted octanol–water partition coefficient (Wildman–Crippen LogP) is 4.45. The van der Waals surface area contributed by atoms with Gasteiger partial charge >= 0.3 is 0 Å². The normalized spacial score (nSPS) is 15.5. The van der Waals surface area contributed by atoms with E-state index < -0.39 is 26.6 Å². The molecule has 3 aromatic rings. The maximum atomic E-state index is 13.9. The number of aryl methyl sites for hydroxylation is 2. The summed E-state index contributed by atoms with van der Waals surface area (Å²) in [5, 5.41) is 19.7. The van der Waals surface area contributed by atoms with Crippen LogP contribution >= 0.6 is 0 Å². The van der Waals surface area contributed by atoms with Gasteiger partial charge in [0.25, 0.3) is 15.7 Å². The van der Waals surface area contributed by atoms with Gasteiger partial charge in [-0.15, -0.1) is 20.2 Å². The molecule has 1 unspecified atom stereocenters. The Hall–Kier alpha value is -4.05. The highest BCUT2D eigenvalue weighted by Crippen LogP contribution is 2.40. The average Bonchev–Trinajstić information content (AvgIpc) is 3.37. The summed E-state index contributed by atoms with van der Waals surface area (Å²) in [4.78, 5) is 52.1. The molecule has 246 valence electrons. The van der Waals surface area contributed by atoms with Crippen LogP contribution in [0.15, 0.2) is 34.1 Å². The molecular formula is C29H40N6O9S. The number of piperidine rings is 1. The molecule has 0 aliphatic carbocycles. The van der Waals surface area contributed by atoms with Gasteiger partial charge in [0.15, 0.2) is 0 Å². The molecular weight excluding hydrogens is 608 g/mol. The summed E-state index contributed by atoms with van der Waals surface area (Å²) in [5.41, 5.74) is 1.91. The van der Waals surface area contributed by atoms with Crippen LogP contribution in [0, 0.1) is 25.6 Å². The number of nitrogens with one attached hydrogen (secondary N) is 1. The largest absolute Gasteiger partial charge is 0.493 e. The molecule has 16 heteroatoms. The topological polar surface area (TPSA) is 185 Å². The van der Waals surface area contributed by atoms with Crippen LogP contribution in [0.3, 0.4) is 0 Å². The summed E-state index contributed by atoms with van der Waals surface area (Å²) in [5.74, 6) is 0.846. The smallest absolute Gasteiger partial charge is 0.294 e. The molecule has 15 nitrogen and oxygen atoms in total. The summed E-state index contributed by atoms with van der Waals surface area (Å²) in [6.45, 7) is 7.60. The number of hydrogen-bond acceptors (Lipinski definition) is 10. The molecule has 0 amide bonds. The molecule has 4 rings (SSSR count). The third-order valence-corrected chi connectivity index (χ3v) is 9.69. The summed E-state index contributed by atoms with van der Waals surface area (Å²) in [7, 11) is -1.59. The molecule has 0 spiro atoms. The molecule has 1 fully saturated rings. The second-order valence-electron chi connectivity index (χ2n) is 11.1. The zero-order valence-electron chi connectivity index (χ0n) is 25.8. The lowest BCUT2D eigenvalue weighted by molar-refractivity contribution is -0.759. The fraction of sp³-hybridized carbons (Fsp3) is 0.586. The zero-order chi connectivity index (χ0) is 32.6. The van der Waals surface area contributed by atoms with Crippen LogP contribution in [0.5, 0.6) is 5.75 Å². The minimum atomic E-state index is -1.59. The summed E-state index contributed by atoms with van der Waals surface area (Å²) >= 11 is 0. The van der Waals surface area contributed by atoms with E-state index in [-0.39, 0.29) is 18.8 Å². The fourth-order valence-corrected chi connectivity index (χ4v) is 7.03. The monoisotopic (exact) mass is 648 g/mol. The molecule has 2 aromatic heterocycles. The third kappa shape index (κ3) is 8.16. The Balaban J connectivity index is 1.62. The van der Waals surface area contributed by atoms with E-state index in [4.69, 9.17) is 9.72 Å². The number of aromatic nitrogens is 3. The number of aromatic amines is 1. The number of nitrogens with zero attached hydrogens (tertiary/aromatic N) is 5. The number of benzene rings is 1. The summed E-state index contributed by atoms with van der Waals surface area (Å²) in [6, 6.07) is 5.21. The van der Waals surface area contributed by atoms with Crippen molar-refractivity contribution >= 4 is 22.0 Å². The van der Waals surface area contributed by atoms with E-state index in [0.717, 1.165) is 24.8 Å². The van der Waals surface area contributed by atoms with Crippen molar-refractivity contribution in [2.75, 3.05) is 32.9 Å². The van der Waals surface area contributed by atoms with Crippen LogP contribution in [0.4, 0.5) is 0 Å². The summed E-state index contributed by atoms with van der Waals surface area (Å²) < 4.78 is 23.6. The first-order chi connectivity index (χ1) is 21.6. The predicted molar refractivity (Wildman–Crippen MR) is 166 cm³/mol. The van der Waals surface area contributed by atoms with E-state index in [1.54, 1.807) is 22.5 Å². The van der Waals surface area contributed by atoms with Gasteiger partial charge in [-0.3, -0.25) is 4.79 Å². The molecule has 0 bridgehead atoms. The molecule has 0 radical (unpaired) electrons. The number of fused-ring (bicyclic) bond motifs is 1. The maximum absolute atomic E-state index is 13.9. The minimum Gasteiger partial charge on any atom is -0.493 e. The molecule has 1 saturated heterocycles. The van der Waals surface area contributed by atoms with Crippen LogP contribution in [-0.4, -0.2) is 66.1 Å². The molecule has 1 aromatic carbocycles. The van der Waals surface area contributed by atoms with Crippen molar-refractivity contribution < 1.29 is 28.8 Å². The van der Waals surface area contributed by atoms with E-state index in [1.807, 2.05) is 24.6 Å². The second-order valence-corrected chi connectivity index (χ2v) is 12.6. The molecule has 1 aliphatic rings. The van der Waals surface area contributed by atoms with Gasteiger partial charge in [-0.1, -0.05) is 20.3 Å². The van der Waals surface area contributed by atoms with E-state index in [2.05, 4.69) is 21.6 Å². The molecule has 1 aliphatic heterocycles. The zero-order valence-corrected chi connectivity index (χ0v) is 26.6. The van der Waals surface area contributed by atoms with Crippen LogP contribution in [0.25, 0.3) is 22.4 Å². The number of hydrogen-bond donors (Lipinski definition) is 1. The van der Waals surface area contributed by atoms with Crippen molar-refractivity contribution in [2.45, 2.75) is 77.2 Å². The quantitative estimate of drug-likeness (QED) is 0.162. The van der Waals surface area contributed by atoms with E-state index in [0.29, 0.717) is 85.0 Å². The Morgan fingerprint density at radius 2 is 1.69 bits per heavy atom. The maximum Gasteiger partial charge on any atom is 0.294 e. The Labute approximate surface area is 262 Å². The lowest BCUT2D eigenvalue weighted by Crippen LogP contribution is -2.42. The molecule has 1 atom stereocenters. The van der Waals surface area contributed by atoms with Gasteiger partial charge in [0.1, 0.15) is 28.1 Å². The van der Waals surface area contributed by atoms with Gasteiger partial charge in [0, 0.05) is 25.8 Å². The highest BCUT2D eigenvalue weighted by molar-refractivity contribution is 7.82. The molecule has 3 heterocycles. The standard InChI is InChI=1S/C29H40N6O9S/c1-4-7-21-20-32(6-3)26-25(21)30-27(31-28(26)36)23-19-22(8-9-24(23)42-16-5-2)45(41)33-14-10-29(11-15-33,12-17-43-34(37)38)13-18-44-35(39)40/h8-9,19-20H,4-7,10-18H2,1-3H3,(H,30,31,36). The second kappa shape index (κ2) is 15.3. The Morgan fingerprint density at radius 3 is 2.27 bits per heavy atom. The van der Waals surface area contributed by atoms with Gasteiger partial charge in [-0.2, -0.15) is 0 Å². The summed E-state index contributed by atoms with van der Waals surface area (Å²) in [6.07, 6.45) is 6.02. The van der Waals surface area contributed by atoms with Crippen molar-refractivity contribution in [3.05, 3.63) is 60.5 Å². The third-order valence-electron chi connectivity index (χ3n) is 8.20. The van der Waals surface area contributed by atoms with Crippen molar-refractivity contribution in [1.82, 2.24) is 18.8 Å². The van der Waals surface area contributed by atoms with Crippen LogP contribution in [-0.2, 0) is 33.6 Å². The highest BCUT2D eigenvalue weighted by Gasteiger charge is 2.36.